The van der Waals surface area contributed by atoms with E-state index in [2.05, 4.69) is 0 Å². The molecule has 0 spiro atoms. The molecule has 0 heterocycles. The zero-order chi connectivity index (χ0) is 23.7. The van der Waals surface area contributed by atoms with Crippen molar-refractivity contribution >= 4 is 22.4 Å². The quantitative estimate of drug-likeness (QED) is 0.525. The molecular formula is C25H27NO5S. The minimum atomic E-state index is -4.31. The fourth-order valence-corrected chi connectivity index (χ4v) is 6.12. The van der Waals surface area contributed by atoms with E-state index in [1.807, 2.05) is 56.3 Å². The second-order valence-electron chi connectivity index (χ2n) is 8.44. The first-order valence-electron chi connectivity index (χ1n) is 10.2. The van der Waals surface area contributed by atoms with Crippen molar-refractivity contribution < 1.29 is 22.2 Å². The summed E-state index contributed by atoms with van der Waals surface area (Å²) in [6.45, 7) is 6.81. The van der Waals surface area contributed by atoms with E-state index >= 15 is 0 Å². The third kappa shape index (κ3) is 4.59. The Balaban J connectivity index is 2.05. The number of rotatable bonds is 6. The number of carbonyl (C=O) groups excluding carboxylic acids is 2. The number of nitrogens with two attached hydrogens (primary N) is 1. The lowest BCUT2D eigenvalue weighted by Gasteiger charge is -2.38. The SMILES string of the molecule is CC1=CC(C)(c2ccc(-c3cccc(C=O)c3)cc2)[C@@H](S(=O)(=O)OC(=O)C(C)N)C(C)=C1. The summed E-state index contributed by atoms with van der Waals surface area (Å²) in [5.41, 5.74) is 9.14. The van der Waals surface area contributed by atoms with Crippen molar-refractivity contribution in [1.82, 2.24) is 0 Å². The second-order valence-corrected chi connectivity index (χ2v) is 10.1. The molecule has 2 aromatic rings. The molecule has 3 atom stereocenters. The van der Waals surface area contributed by atoms with Crippen molar-refractivity contribution in [2.45, 2.75) is 44.4 Å². The van der Waals surface area contributed by atoms with Gasteiger partial charge in [0.25, 0.3) is 0 Å². The summed E-state index contributed by atoms with van der Waals surface area (Å²) in [4.78, 5) is 23.1. The van der Waals surface area contributed by atoms with Gasteiger partial charge in [0.1, 0.15) is 17.6 Å². The molecule has 0 aromatic heterocycles. The largest absolute Gasteiger partial charge is 0.344 e. The van der Waals surface area contributed by atoms with Crippen molar-refractivity contribution in [2.24, 2.45) is 5.73 Å². The van der Waals surface area contributed by atoms with Crippen molar-refractivity contribution in [1.29, 1.82) is 0 Å². The van der Waals surface area contributed by atoms with Crippen LogP contribution in [0.3, 0.4) is 0 Å². The Labute approximate surface area is 188 Å². The molecule has 7 heteroatoms. The molecule has 1 aliphatic carbocycles. The van der Waals surface area contributed by atoms with Gasteiger partial charge in [0.2, 0.25) is 0 Å². The predicted molar refractivity (Wildman–Crippen MR) is 125 cm³/mol. The van der Waals surface area contributed by atoms with Gasteiger partial charge in [0.05, 0.1) is 0 Å². The first-order chi connectivity index (χ1) is 15.0. The van der Waals surface area contributed by atoms with Gasteiger partial charge in [-0.2, -0.15) is 8.42 Å². The van der Waals surface area contributed by atoms with E-state index in [1.54, 1.807) is 25.1 Å². The Morgan fingerprint density at radius 1 is 1.12 bits per heavy atom. The van der Waals surface area contributed by atoms with Gasteiger partial charge in [0, 0.05) is 11.0 Å². The molecule has 32 heavy (non-hydrogen) atoms. The van der Waals surface area contributed by atoms with Crippen LogP contribution in [0.15, 0.2) is 71.8 Å². The number of carbonyl (C=O) groups is 2. The number of allylic oxidation sites excluding steroid dienone is 3. The summed E-state index contributed by atoms with van der Waals surface area (Å²) in [6.07, 6.45) is 4.45. The van der Waals surface area contributed by atoms with Crippen LogP contribution in [0.1, 0.15) is 43.6 Å². The maximum absolute atomic E-state index is 13.2. The smallest absolute Gasteiger partial charge is 0.338 e. The van der Waals surface area contributed by atoms with E-state index in [-0.39, 0.29) is 0 Å². The zero-order valence-corrected chi connectivity index (χ0v) is 19.3. The van der Waals surface area contributed by atoms with Crippen LogP contribution in [-0.2, 0) is 24.5 Å². The van der Waals surface area contributed by atoms with Crippen LogP contribution in [0.2, 0.25) is 0 Å². The third-order valence-corrected chi connectivity index (χ3v) is 7.50. The summed E-state index contributed by atoms with van der Waals surface area (Å²) < 4.78 is 31.2. The summed E-state index contributed by atoms with van der Waals surface area (Å²) in [7, 11) is -4.31. The fraction of sp³-hybridized carbons (Fsp3) is 0.280. The van der Waals surface area contributed by atoms with Crippen molar-refractivity contribution in [3.8, 4) is 11.1 Å². The summed E-state index contributed by atoms with van der Waals surface area (Å²) in [5, 5.41) is -1.09. The summed E-state index contributed by atoms with van der Waals surface area (Å²) >= 11 is 0. The molecule has 2 aromatic carbocycles. The standard InChI is InChI=1S/C25H27NO5S/c1-16-12-17(2)23(32(29,30)31-24(28)18(3)26)25(4,14-16)22-10-8-20(9-11-22)21-7-5-6-19(13-21)15-27/h5-15,18,23H,26H2,1-4H3/t18?,23-,25?/m0/s1. The van der Waals surface area contributed by atoms with E-state index in [0.29, 0.717) is 11.1 Å². The van der Waals surface area contributed by atoms with Gasteiger partial charge >= 0.3 is 16.1 Å². The molecule has 0 saturated heterocycles. The lowest BCUT2D eigenvalue weighted by atomic mass is 9.72. The van der Waals surface area contributed by atoms with Crippen LogP contribution in [-0.4, -0.2) is 32.0 Å². The number of benzene rings is 2. The zero-order valence-electron chi connectivity index (χ0n) is 18.5. The van der Waals surface area contributed by atoms with Gasteiger partial charge in [-0.1, -0.05) is 72.7 Å². The number of hydrogen-bond donors (Lipinski definition) is 1. The van der Waals surface area contributed by atoms with Crippen molar-refractivity contribution in [3.63, 3.8) is 0 Å². The van der Waals surface area contributed by atoms with Crippen molar-refractivity contribution in [2.75, 3.05) is 0 Å². The summed E-state index contributed by atoms with van der Waals surface area (Å²) in [5.74, 6) is -0.989. The Morgan fingerprint density at radius 3 is 2.38 bits per heavy atom. The summed E-state index contributed by atoms with van der Waals surface area (Å²) in [6, 6.07) is 13.7. The fourth-order valence-electron chi connectivity index (χ4n) is 4.31. The normalized spacial score (nSPS) is 21.8. The van der Waals surface area contributed by atoms with E-state index in [1.165, 1.54) is 6.92 Å². The maximum atomic E-state index is 13.2. The molecule has 2 unspecified atom stereocenters. The molecular weight excluding hydrogens is 426 g/mol. The highest BCUT2D eigenvalue weighted by Crippen LogP contribution is 2.42. The van der Waals surface area contributed by atoms with Gasteiger partial charge in [-0.3, -0.25) is 4.79 Å². The van der Waals surface area contributed by atoms with Gasteiger partial charge in [-0.05, 0) is 43.5 Å². The minimum Gasteiger partial charge on any atom is -0.344 e. The van der Waals surface area contributed by atoms with Crippen LogP contribution in [0.5, 0.6) is 0 Å². The highest BCUT2D eigenvalue weighted by Gasteiger charge is 2.47. The third-order valence-electron chi connectivity index (χ3n) is 5.66. The molecule has 3 rings (SSSR count). The van der Waals surface area contributed by atoms with Crippen LogP contribution < -0.4 is 5.73 Å². The van der Waals surface area contributed by atoms with Crippen molar-refractivity contribution in [3.05, 3.63) is 83.0 Å². The van der Waals surface area contributed by atoms with Crippen LogP contribution in [0, 0.1) is 0 Å². The van der Waals surface area contributed by atoms with Crippen LogP contribution in [0.4, 0.5) is 0 Å². The molecule has 6 nitrogen and oxygen atoms in total. The second kappa shape index (κ2) is 8.84. The number of aldehydes is 1. The molecule has 1 aliphatic rings. The van der Waals surface area contributed by atoms with Gasteiger partial charge in [-0.25, -0.2) is 4.79 Å². The van der Waals surface area contributed by atoms with Crippen LogP contribution >= 0.6 is 0 Å². The molecule has 0 aliphatic heterocycles. The predicted octanol–water partition coefficient (Wildman–Crippen LogP) is 3.92. The molecule has 0 saturated carbocycles. The van der Waals surface area contributed by atoms with Gasteiger partial charge in [-0.15, -0.1) is 0 Å². The average Bonchev–Trinajstić information content (AvgIpc) is 2.72. The lowest BCUT2D eigenvalue weighted by Crippen LogP contribution is -2.46. The molecule has 0 radical (unpaired) electrons. The minimum absolute atomic E-state index is 0.576. The highest BCUT2D eigenvalue weighted by molar-refractivity contribution is 7.88. The topological polar surface area (TPSA) is 104 Å². The Morgan fingerprint density at radius 2 is 1.78 bits per heavy atom. The molecule has 168 valence electrons. The van der Waals surface area contributed by atoms with E-state index < -0.39 is 32.8 Å². The Bertz CT molecular complexity index is 1210. The lowest BCUT2D eigenvalue weighted by molar-refractivity contribution is -0.134. The first-order valence-corrected chi connectivity index (χ1v) is 11.7. The Hall–Kier alpha value is -3.03. The van der Waals surface area contributed by atoms with E-state index in [0.717, 1.165) is 28.5 Å². The monoisotopic (exact) mass is 453 g/mol. The Kier molecular flexibility index (Phi) is 6.53. The average molecular weight is 454 g/mol. The number of hydrogen-bond acceptors (Lipinski definition) is 6. The maximum Gasteiger partial charge on any atom is 0.338 e. The van der Waals surface area contributed by atoms with Gasteiger partial charge in [0.15, 0.2) is 0 Å². The molecule has 2 N–H and O–H groups in total. The van der Waals surface area contributed by atoms with Gasteiger partial charge < -0.3 is 9.92 Å². The van der Waals surface area contributed by atoms with E-state index in [9.17, 15) is 18.0 Å². The first kappa shape index (κ1) is 23.6. The molecule has 0 fully saturated rings. The highest BCUT2D eigenvalue weighted by atomic mass is 32.2. The molecule has 0 bridgehead atoms. The van der Waals surface area contributed by atoms with Crippen LogP contribution in [0.25, 0.3) is 11.1 Å². The van der Waals surface area contributed by atoms with E-state index in [4.69, 9.17) is 9.92 Å². The molecule has 0 amide bonds.